The Morgan fingerprint density at radius 1 is 1.08 bits per heavy atom. The number of carbonyl (C=O) groups is 2. The zero-order chi connectivity index (χ0) is 16.8. The molecule has 2 N–H and O–H groups in total. The van der Waals surface area contributed by atoms with Crippen LogP contribution >= 0.6 is 0 Å². The van der Waals surface area contributed by atoms with Crippen molar-refractivity contribution in [3.05, 3.63) is 0 Å². The van der Waals surface area contributed by atoms with Crippen molar-refractivity contribution in [3.8, 4) is 0 Å². The summed E-state index contributed by atoms with van der Waals surface area (Å²) in [7, 11) is 0. The van der Waals surface area contributed by atoms with E-state index in [0.717, 1.165) is 32.4 Å². The summed E-state index contributed by atoms with van der Waals surface area (Å²) in [6.45, 7) is 5.16. The normalized spacial score (nSPS) is 26.8. The van der Waals surface area contributed by atoms with Crippen LogP contribution in [-0.4, -0.2) is 55.5 Å². The van der Waals surface area contributed by atoms with E-state index in [2.05, 4.69) is 5.32 Å². The van der Waals surface area contributed by atoms with E-state index in [1.807, 2.05) is 4.90 Å². The van der Waals surface area contributed by atoms with Crippen molar-refractivity contribution in [2.24, 2.45) is 5.92 Å². The highest BCUT2D eigenvalue weighted by Crippen LogP contribution is 2.29. The van der Waals surface area contributed by atoms with Crippen LogP contribution in [0.4, 0.5) is 0 Å². The number of hydrogen-bond acceptors (Lipinski definition) is 2. The Balaban J connectivity index is 1.34. The molecule has 5 nitrogen and oxygen atoms in total. The van der Waals surface area contributed by atoms with Crippen LogP contribution in [0.1, 0.15) is 64.2 Å². The molecular weight excluding hydrogens is 302 g/mol. The molecule has 5 heteroatoms. The predicted octanol–water partition coefficient (Wildman–Crippen LogP) is 0.743. The second kappa shape index (κ2) is 8.84. The summed E-state index contributed by atoms with van der Waals surface area (Å²) < 4.78 is 0. The Morgan fingerprint density at radius 3 is 2.50 bits per heavy atom. The molecule has 3 aliphatic rings. The zero-order valence-corrected chi connectivity index (χ0v) is 15.0. The highest BCUT2D eigenvalue weighted by molar-refractivity contribution is 5.89. The van der Waals surface area contributed by atoms with Crippen molar-refractivity contribution in [1.29, 1.82) is 0 Å². The van der Waals surface area contributed by atoms with Gasteiger partial charge < -0.3 is 15.1 Å². The smallest absolute Gasteiger partial charge is 0.225 e. The third-order valence-electron chi connectivity index (χ3n) is 6.11. The summed E-state index contributed by atoms with van der Waals surface area (Å²) in [4.78, 5) is 28.2. The molecule has 2 heterocycles. The van der Waals surface area contributed by atoms with Crippen LogP contribution in [0.15, 0.2) is 0 Å². The Labute approximate surface area is 146 Å². The van der Waals surface area contributed by atoms with Crippen molar-refractivity contribution in [2.75, 3.05) is 32.7 Å². The Morgan fingerprint density at radius 2 is 1.79 bits per heavy atom. The highest BCUT2D eigenvalue weighted by atomic mass is 16.2. The largest absolute Gasteiger partial charge is 0.356 e. The quantitative estimate of drug-likeness (QED) is 0.703. The molecule has 2 saturated heterocycles. The molecule has 1 aliphatic carbocycles. The Hall–Kier alpha value is -1.10. The summed E-state index contributed by atoms with van der Waals surface area (Å²) in [6.07, 6.45) is 11.6. The molecular formula is C19H34N3O2+. The summed E-state index contributed by atoms with van der Waals surface area (Å²) in [6, 6.07) is 0.405. The molecule has 1 atom stereocenters. The van der Waals surface area contributed by atoms with Crippen LogP contribution in [-0.2, 0) is 9.59 Å². The minimum absolute atomic E-state index is 0.0923. The molecule has 2 aliphatic heterocycles. The molecule has 0 spiro atoms. The summed E-state index contributed by atoms with van der Waals surface area (Å²) in [5.74, 6) is 0.161. The van der Waals surface area contributed by atoms with Gasteiger partial charge in [0.15, 0.2) is 0 Å². The van der Waals surface area contributed by atoms with E-state index >= 15 is 0 Å². The first-order chi connectivity index (χ1) is 11.7. The van der Waals surface area contributed by atoms with Crippen molar-refractivity contribution in [1.82, 2.24) is 10.2 Å². The molecule has 3 fully saturated rings. The fourth-order valence-corrected chi connectivity index (χ4v) is 4.65. The van der Waals surface area contributed by atoms with Crippen LogP contribution in [0.2, 0.25) is 0 Å². The van der Waals surface area contributed by atoms with E-state index in [0.29, 0.717) is 19.0 Å². The number of rotatable bonds is 6. The molecule has 0 radical (unpaired) electrons. The Bertz CT molecular complexity index is 426. The van der Waals surface area contributed by atoms with E-state index in [-0.39, 0.29) is 17.7 Å². The van der Waals surface area contributed by atoms with E-state index < -0.39 is 0 Å². The van der Waals surface area contributed by atoms with Gasteiger partial charge in [-0.15, -0.1) is 0 Å². The topological polar surface area (TPSA) is 53.9 Å². The van der Waals surface area contributed by atoms with Gasteiger partial charge in [-0.1, -0.05) is 12.8 Å². The zero-order valence-electron chi connectivity index (χ0n) is 15.0. The highest BCUT2D eigenvalue weighted by Gasteiger charge is 2.38. The number of hydrogen-bond donors (Lipinski definition) is 2. The summed E-state index contributed by atoms with van der Waals surface area (Å²) in [5.41, 5.74) is 0. The van der Waals surface area contributed by atoms with Crippen LogP contribution in [0.25, 0.3) is 0 Å². The third kappa shape index (κ3) is 4.71. The number of carbonyl (C=O) groups excluding carboxylic acids is 2. The molecule has 1 unspecified atom stereocenters. The lowest BCUT2D eigenvalue weighted by atomic mass is 10.1. The first kappa shape index (κ1) is 17.7. The number of likely N-dealkylation sites (tertiary alicyclic amines) is 2. The second-order valence-electron chi connectivity index (χ2n) is 7.94. The van der Waals surface area contributed by atoms with Gasteiger partial charge in [0.2, 0.25) is 11.8 Å². The maximum Gasteiger partial charge on any atom is 0.225 e. The van der Waals surface area contributed by atoms with Crippen LogP contribution in [0.3, 0.4) is 0 Å². The first-order valence-electron chi connectivity index (χ1n) is 10.1. The van der Waals surface area contributed by atoms with E-state index in [1.165, 1.54) is 51.6 Å². The molecule has 1 saturated carbocycles. The van der Waals surface area contributed by atoms with E-state index in [1.54, 1.807) is 4.90 Å². The number of nitrogens with zero attached hydrogens (tertiary/aromatic N) is 1. The number of nitrogens with one attached hydrogen (secondary N) is 2. The molecule has 0 bridgehead atoms. The molecule has 3 rings (SSSR count). The van der Waals surface area contributed by atoms with E-state index in [9.17, 15) is 9.59 Å². The fraction of sp³-hybridized carbons (Fsp3) is 0.895. The van der Waals surface area contributed by atoms with Crippen molar-refractivity contribution in [3.63, 3.8) is 0 Å². The first-order valence-corrected chi connectivity index (χ1v) is 10.1. The molecule has 136 valence electrons. The standard InChI is InChI=1S/C19H33N3O2/c23-18-14-16(15-22(18)17-8-3-4-9-17)19(24)20-10-7-13-21-11-5-1-2-6-12-21/h16-17H,1-15H2,(H,20,24)/p+1. The molecule has 24 heavy (non-hydrogen) atoms. The monoisotopic (exact) mass is 336 g/mol. The van der Waals surface area contributed by atoms with Crippen molar-refractivity contribution >= 4 is 11.8 Å². The lowest BCUT2D eigenvalue weighted by Gasteiger charge is -2.23. The minimum atomic E-state index is -0.122. The van der Waals surface area contributed by atoms with Gasteiger partial charge in [-0.2, -0.15) is 0 Å². The predicted molar refractivity (Wildman–Crippen MR) is 93.7 cm³/mol. The summed E-state index contributed by atoms with van der Waals surface area (Å²) in [5, 5.41) is 3.08. The average molecular weight is 337 g/mol. The summed E-state index contributed by atoms with van der Waals surface area (Å²) >= 11 is 0. The van der Waals surface area contributed by atoms with Crippen molar-refractivity contribution in [2.45, 2.75) is 70.3 Å². The Kier molecular flexibility index (Phi) is 6.52. The van der Waals surface area contributed by atoms with Gasteiger partial charge in [0, 0.05) is 32.0 Å². The molecule has 0 aromatic carbocycles. The van der Waals surface area contributed by atoms with Gasteiger partial charge in [0.25, 0.3) is 0 Å². The fourth-order valence-electron chi connectivity index (χ4n) is 4.65. The minimum Gasteiger partial charge on any atom is -0.356 e. The van der Waals surface area contributed by atoms with Gasteiger partial charge in [-0.25, -0.2) is 0 Å². The molecule has 0 aromatic rings. The number of amides is 2. The van der Waals surface area contributed by atoms with Gasteiger partial charge in [0.05, 0.1) is 25.6 Å². The number of quaternary nitrogens is 1. The van der Waals surface area contributed by atoms with Gasteiger partial charge in [-0.3, -0.25) is 9.59 Å². The van der Waals surface area contributed by atoms with Gasteiger partial charge >= 0.3 is 0 Å². The van der Waals surface area contributed by atoms with E-state index in [4.69, 9.17) is 0 Å². The lowest BCUT2D eigenvalue weighted by Crippen LogP contribution is -3.11. The molecule has 0 aromatic heterocycles. The molecule has 2 amide bonds. The van der Waals surface area contributed by atoms with Gasteiger partial charge in [-0.05, 0) is 38.5 Å². The maximum absolute atomic E-state index is 12.4. The second-order valence-corrected chi connectivity index (χ2v) is 7.94. The lowest BCUT2D eigenvalue weighted by molar-refractivity contribution is -0.899. The van der Waals surface area contributed by atoms with Crippen LogP contribution in [0.5, 0.6) is 0 Å². The van der Waals surface area contributed by atoms with Crippen LogP contribution in [0, 0.1) is 5.92 Å². The van der Waals surface area contributed by atoms with Crippen molar-refractivity contribution < 1.29 is 14.5 Å². The maximum atomic E-state index is 12.4. The van der Waals surface area contributed by atoms with Crippen LogP contribution < -0.4 is 10.2 Å². The van der Waals surface area contributed by atoms with Gasteiger partial charge in [0.1, 0.15) is 0 Å². The third-order valence-corrected chi connectivity index (χ3v) is 6.11. The average Bonchev–Trinajstić information content (AvgIpc) is 3.15. The SMILES string of the molecule is O=C(NCCC[NH+]1CCCCCC1)C1CC(=O)N(C2CCCC2)C1.